The summed E-state index contributed by atoms with van der Waals surface area (Å²) in [6, 6.07) is 30.0. The predicted molar refractivity (Wildman–Crippen MR) is 493 cm³/mol. The molecule has 5 aliphatic rings. The number of anilines is 5. The number of ketones is 1. The van der Waals surface area contributed by atoms with Gasteiger partial charge in [-0.25, -0.2) is 78.9 Å². The van der Waals surface area contributed by atoms with Gasteiger partial charge in [0, 0.05) is 94.3 Å². The number of Topliss-reactive ketones (excluding diaryl/α,β-unsaturated/α-hetero) is 1. The minimum absolute atomic E-state index is 0.0579. The largest absolute Gasteiger partial charge is 0.508 e. The van der Waals surface area contributed by atoms with Gasteiger partial charge in [-0.3, -0.25) is 19.4 Å². The van der Waals surface area contributed by atoms with Crippen molar-refractivity contribution in [3.63, 3.8) is 0 Å². The van der Waals surface area contributed by atoms with Gasteiger partial charge in [0.25, 0.3) is 11.8 Å². The number of pyridine rings is 1. The van der Waals surface area contributed by atoms with Crippen LogP contribution >= 0.6 is 0 Å². The molecule has 138 heavy (non-hydrogen) atoms. The third kappa shape index (κ3) is 26.0. The summed E-state index contributed by atoms with van der Waals surface area (Å²) in [7, 11) is -3.19. The number of alkyl halides is 10. The first-order chi connectivity index (χ1) is 65.2. The number of morpholine rings is 1. The number of nitrogens with two attached hydrogens (primary N) is 2. The van der Waals surface area contributed by atoms with Crippen LogP contribution in [0.15, 0.2) is 165 Å². The third-order valence-electron chi connectivity index (χ3n) is 25.1. The Kier molecular flexibility index (Phi) is 32.4. The standard InChI is InChI=1S/C26H27F3N4O2.C25H23F3N6O2.C24H31F3N4O3S.C23H28F4N4O/c1-26(28,29)18-9-10-19(22(34)14-18)21-3-2-12-33(21)25-24(27)20(31-15-32-25)11-8-16-4-6-17(7-5-16)13-23(30)35;26-25(27,28)21-6-5-18(12-30-21)20-14-36-10-9-34(20)24-19-7-8-33(23(19)31-15-32-24)13-17-3-1-16(2-4-17)11-22(29)35;1-24(26,27)17-6-7-18(21(32)14-17)20-4-3-11-31(20)23-22(25)19(28-15-29-23)8-5-16-9-12-30(13-10-16)35(2,33)34;1-14(32)17(12-22(2,3)4)30-20-19(24)21(29-13-28-20)31-11-5-6-18(31)15-7-9-16(10-8-15)23(25,26)27/h4-7,9-10,14-15,21,34H,2-3,8,11-13H2,1H3,(H2,30,35);1-8,12,15,20H,9-11,13-14H2,(H2,29,35);6-7,14-16,20,32H,3-5,8-13H2,1-2H3;7-10,13,17-18H,5-6,11-12H2,1-4H3,(H,28,29,30). The highest BCUT2D eigenvalue weighted by atomic mass is 32.2. The van der Waals surface area contributed by atoms with E-state index < -0.39 is 74.9 Å². The molecule has 736 valence electrons. The van der Waals surface area contributed by atoms with Crippen LogP contribution in [0.1, 0.15) is 208 Å². The van der Waals surface area contributed by atoms with Crippen LogP contribution in [-0.2, 0) is 92.0 Å². The summed E-state index contributed by atoms with van der Waals surface area (Å²) in [6.07, 6.45) is 9.33. The number of phenolic OH excluding ortho intramolecular Hbond substituents is 2. The number of hydrogen-bond donors (Lipinski definition) is 5. The van der Waals surface area contributed by atoms with Crippen molar-refractivity contribution < 1.29 is 94.8 Å². The van der Waals surface area contributed by atoms with Crippen LogP contribution in [0.5, 0.6) is 11.5 Å². The lowest BCUT2D eigenvalue weighted by Gasteiger charge is -2.37. The molecule has 5 aliphatic heterocycles. The number of carbonyl (C=O) groups is 3. The molecule has 0 bridgehead atoms. The number of halogens is 13. The Balaban J connectivity index is 0.000000155. The van der Waals surface area contributed by atoms with Gasteiger partial charge in [0.1, 0.15) is 54.0 Å². The summed E-state index contributed by atoms with van der Waals surface area (Å²) in [5.41, 5.74) is 15.3. The van der Waals surface area contributed by atoms with E-state index in [-0.39, 0.29) is 112 Å². The summed E-state index contributed by atoms with van der Waals surface area (Å²) >= 11 is 0. The SMILES string of the molecule is CC(=O)C(CC(C)(C)C)Nc1ncnc(N2CCCC2c2ccc(C(F)(F)F)cc2)c1F.CC(F)(F)c1ccc(C2CCCN2c2ncnc(CCC3CCN(S(C)(=O)=O)CC3)c2F)c(O)c1.CC(F)(F)c1ccc(C2CCCN2c2ncnc(CCc3ccc(CC(N)=O)cc3)c2F)c(O)c1.NC(=O)Cc1ccc(Cn2ccc3c(N4CCOCC4c4ccc(C(F)(F)F)nc4)ncnc32)cc1. The van der Waals surface area contributed by atoms with Gasteiger partial charge in [0.05, 0.1) is 84.9 Å². The molecular weight excluding hydrogens is 1840 g/mol. The number of aryl methyl sites for hydroxylation is 3. The van der Waals surface area contributed by atoms with E-state index in [4.69, 9.17) is 16.2 Å². The number of aromatic nitrogens is 10. The van der Waals surface area contributed by atoms with E-state index in [2.05, 4.69) is 50.2 Å². The van der Waals surface area contributed by atoms with Gasteiger partial charge in [-0.05, 0) is 172 Å². The van der Waals surface area contributed by atoms with E-state index in [0.29, 0.717) is 144 Å². The number of nitrogens with zero attached hydrogens (tertiary/aromatic N) is 15. The zero-order chi connectivity index (χ0) is 99.5. The maximum Gasteiger partial charge on any atom is 0.433 e. The quantitative estimate of drug-likeness (QED) is 0.0299. The van der Waals surface area contributed by atoms with Crippen LogP contribution in [0.2, 0.25) is 0 Å². The third-order valence-corrected chi connectivity index (χ3v) is 26.4. The van der Waals surface area contributed by atoms with E-state index in [1.165, 1.54) is 91.5 Å². The number of benzene rings is 5. The molecule has 11 aromatic rings. The van der Waals surface area contributed by atoms with Crippen LogP contribution in [0.3, 0.4) is 0 Å². The Morgan fingerprint density at radius 2 is 0.971 bits per heavy atom. The predicted octanol–water partition coefficient (Wildman–Crippen LogP) is 18.2. The Hall–Kier alpha value is -12.7. The van der Waals surface area contributed by atoms with E-state index >= 15 is 13.2 Å². The summed E-state index contributed by atoms with van der Waals surface area (Å²) in [6.45, 7) is 13.3. The molecule has 5 fully saturated rings. The molecule has 11 heterocycles. The normalized spacial score (nSPS) is 17.7. The topological polar surface area (TPSA) is 336 Å². The maximum absolute atomic E-state index is 15.5. The summed E-state index contributed by atoms with van der Waals surface area (Å²) < 4.78 is 211. The Morgan fingerprint density at radius 3 is 1.46 bits per heavy atom. The maximum atomic E-state index is 15.5. The monoisotopic (exact) mass is 1940 g/mol. The number of primary amides is 2. The Bertz CT molecular complexity index is 6180. The highest BCUT2D eigenvalue weighted by Gasteiger charge is 2.40. The number of nitrogens with one attached hydrogen (secondary N) is 1. The first-order valence-corrected chi connectivity index (χ1v) is 47.1. The first kappa shape index (κ1) is 103. The molecule has 0 radical (unpaired) electrons. The lowest BCUT2D eigenvalue weighted by molar-refractivity contribution is -0.141. The van der Waals surface area contributed by atoms with Crippen LogP contribution in [-0.4, -0.2) is 155 Å². The minimum Gasteiger partial charge on any atom is -0.508 e. The smallest absolute Gasteiger partial charge is 0.433 e. The zero-order valence-electron chi connectivity index (χ0n) is 77.1. The summed E-state index contributed by atoms with van der Waals surface area (Å²) in [4.78, 5) is 78.9. The average Bonchev–Trinajstić information content (AvgIpc) is 1.57. The van der Waals surface area contributed by atoms with E-state index in [1.54, 1.807) is 14.7 Å². The van der Waals surface area contributed by atoms with Gasteiger partial charge < -0.3 is 55.9 Å². The molecule has 2 amide bonds. The number of sulfonamides is 1. The van der Waals surface area contributed by atoms with Crippen LogP contribution in [0.4, 0.5) is 86.2 Å². The molecule has 5 unspecified atom stereocenters. The molecule has 5 saturated heterocycles. The van der Waals surface area contributed by atoms with Crippen molar-refractivity contribution in [3.8, 4) is 11.5 Å². The van der Waals surface area contributed by atoms with Gasteiger partial charge in [-0.2, -0.15) is 30.7 Å². The highest BCUT2D eigenvalue weighted by molar-refractivity contribution is 7.88. The number of fused-ring (bicyclic) bond motifs is 1. The Labute approximate surface area is 790 Å². The van der Waals surface area contributed by atoms with Gasteiger partial charge in [0.2, 0.25) is 27.7 Å². The number of carbonyl (C=O) groups excluding carboxylic acids is 3. The number of phenols is 2. The second-order valence-electron chi connectivity index (χ2n) is 36.5. The van der Waals surface area contributed by atoms with Gasteiger partial charge in [0.15, 0.2) is 40.7 Å². The van der Waals surface area contributed by atoms with Crippen LogP contribution < -0.4 is 36.4 Å². The van der Waals surface area contributed by atoms with Crippen molar-refractivity contribution in [2.24, 2.45) is 22.8 Å². The molecule has 0 aliphatic carbocycles. The van der Waals surface area contributed by atoms with Crippen molar-refractivity contribution in [2.45, 2.75) is 199 Å². The van der Waals surface area contributed by atoms with Crippen molar-refractivity contribution in [3.05, 3.63) is 261 Å². The second kappa shape index (κ2) is 43.5. The Morgan fingerprint density at radius 1 is 0.500 bits per heavy atom. The molecule has 7 N–H and O–H groups in total. The fraction of sp³-hybridized carbons (Fsp3) is 0.429. The first-order valence-electron chi connectivity index (χ1n) is 45.2. The minimum atomic E-state index is -4.49. The van der Waals surface area contributed by atoms with Crippen molar-refractivity contribution >= 4 is 67.7 Å². The van der Waals surface area contributed by atoms with Crippen molar-refractivity contribution in [1.82, 2.24) is 53.7 Å². The molecule has 5 atom stereocenters. The second-order valence-corrected chi connectivity index (χ2v) is 38.5. The highest BCUT2D eigenvalue weighted by Crippen LogP contribution is 2.47. The lowest BCUT2D eigenvalue weighted by Crippen LogP contribution is -2.40. The van der Waals surface area contributed by atoms with Gasteiger partial charge >= 0.3 is 12.4 Å². The van der Waals surface area contributed by atoms with Crippen LogP contribution in [0, 0.1) is 28.8 Å². The summed E-state index contributed by atoms with van der Waals surface area (Å²) in [5, 5.41) is 24.7. The van der Waals surface area contributed by atoms with Gasteiger partial charge in [-0.15, -0.1) is 0 Å². The van der Waals surface area contributed by atoms with Crippen LogP contribution in [0.25, 0.3) is 11.0 Å². The number of rotatable bonds is 27. The molecule has 0 spiro atoms. The fourth-order valence-electron chi connectivity index (χ4n) is 18.0. The van der Waals surface area contributed by atoms with E-state index in [1.807, 2.05) is 91.0 Å². The number of piperidine rings is 1. The molecular formula is C98H109F13N18O8S. The molecule has 26 nitrogen and oxygen atoms in total. The molecule has 5 aromatic carbocycles. The zero-order valence-corrected chi connectivity index (χ0v) is 77.9. The molecule has 16 rings (SSSR count). The van der Waals surface area contributed by atoms with Crippen molar-refractivity contribution in [2.75, 3.05) is 83.7 Å². The number of ether oxygens (including phenoxy) is 1. The lowest BCUT2D eigenvalue weighted by atomic mass is 9.87. The van der Waals surface area contributed by atoms with Gasteiger partial charge in [-0.1, -0.05) is 112 Å². The fourth-order valence-corrected chi connectivity index (χ4v) is 18.9. The molecule has 6 aromatic heterocycles. The molecule has 0 saturated carbocycles. The number of amides is 2. The average molecular weight is 1950 g/mol. The van der Waals surface area contributed by atoms with E-state index in [0.717, 1.165) is 110 Å². The summed E-state index contributed by atoms with van der Waals surface area (Å²) in [5.74, 6) is -7.96. The van der Waals surface area contributed by atoms with Crippen molar-refractivity contribution in [1.29, 1.82) is 0 Å². The van der Waals surface area contributed by atoms with E-state index in [9.17, 15) is 76.9 Å². The number of aromatic hydroxyl groups is 2. The number of hydrogen-bond acceptors (Lipinski definition) is 22. The molecule has 40 heteroatoms.